The van der Waals surface area contributed by atoms with Crippen LogP contribution in [-0.4, -0.2) is 66.2 Å². The Hall–Kier alpha value is -4.53. The minimum Gasteiger partial charge on any atom is -0.454 e. The molecule has 2 saturated heterocycles. The number of nitrogens with zero attached hydrogens (tertiary/aromatic N) is 3. The third-order valence-corrected chi connectivity index (χ3v) is 8.74. The molecule has 0 unspecified atom stereocenters. The minimum atomic E-state index is -0.806. The summed E-state index contributed by atoms with van der Waals surface area (Å²) < 4.78 is 10.8. The number of likely N-dealkylation sites (tertiary alicyclic amines) is 1. The Balaban J connectivity index is 1.12. The number of amides is 3. The molecule has 3 aliphatic heterocycles. The molecule has 3 aromatic carbocycles. The number of unbranched alkanes of at least 4 members (excludes halogenated alkanes) is 1. The van der Waals surface area contributed by atoms with Crippen LogP contribution in [0.5, 0.6) is 11.5 Å². The number of carbonyl (C=O) groups is 3. The largest absolute Gasteiger partial charge is 0.454 e. The average molecular weight is 583 g/mol. The van der Waals surface area contributed by atoms with E-state index in [9.17, 15) is 14.4 Å². The van der Waals surface area contributed by atoms with Crippen LogP contribution in [0.3, 0.4) is 0 Å². The van der Waals surface area contributed by atoms with E-state index in [2.05, 4.69) is 17.1 Å². The van der Waals surface area contributed by atoms with E-state index in [0.29, 0.717) is 56.2 Å². The van der Waals surface area contributed by atoms with Crippen molar-refractivity contribution in [2.24, 2.45) is 0 Å². The topological polar surface area (TPSA) is 91.4 Å². The predicted molar refractivity (Wildman–Crippen MR) is 163 cm³/mol. The number of benzene rings is 3. The van der Waals surface area contributed by atoms with Gasteiger partial charge in [0.15, 0.2) is 11.5 Å². The van der Waals surface area contributed by atoms with Gasteiger partial charge in [-0.2, -0.15) is 0 Å². The molecular formula is C34H38N4O5. The fraction of sp³-hybridized carbons (Fsp3) is 0.382. The number of rotatable bonds is 9. The summed E-state index contributed by atoms with van der Waals surface area (Å²) in [5.41, 5.74) is 2.93. The number of carbonyl (C=O) groups excluding carboxylic acids is 3. The lowest BCUT2D eigenvalue weighted by molar-refractivity contribution is -0.137. The van der Waals surface area contributed by atoms with E-state index in [0.717, 1.165) is 30.5 Å². The summed E-state index contributed by atoms with van der Waals surface area (Å²) in [6.07, 6.45) is 4.28. The van der Waals surface area contributed by atoms with Gasteiger partial charge >= 0.3 is 0 Å². The molecule has 43 heavy (non-hydrogen) atoms. The van der Waals surface area contributed by atoms with Gasteiger partial charge in [-0.3, -0.25) is 14.4 Å². The molecule has 1 N–H and O–H groups in total. The van der Waals surface area contributed by atoms with Crippen LogP contribution < -0.4 is 19.7 Å². The second-order valence-corrected chi connectivity index (χ2v) is 11.5. The van der Waals surface area contributed by atoms with Gasteiger partial charge in [0.1, 0.15) is 12.1 Å². The highest BCUT2D eigenvalue weighted by Crippen LogP contribution is 2.40. The molecule has 0 atom stereocenters. The van der Waals surface area contributed by atoms with Crippen molar-refractivity contribution < 1.29 is 23.9 Å². The monoisotopic (exact) mass is 582 g/mol. The maximum atomic E-state index is 14.0. The van der Waals surface area contributed by atoms with E-state index in [1.807, 2.05) is 77.7 Å². The predicted octanol–water partition coefficient (Wildman–Crippen LogP) is 4.36. The van der Waals surface area contributed by atoms with Crippen molar-refractivity contribution in [3.05, 3.63) is 89.5 Å². The molecule has 0 aliphatic carbocycles. The molecule has 2 fully saturated rings. The Labute approximate surface area is 252 Å². The number of nitrogens with one attached hydrogen (secondary N) is 1. The first-order valence-electron chi connectivity index (χ1n) is 15.1. The lowest BCUT2D eigenvalue weighted by Gasteiger charge is -2.43. The highest BCUT2D eigenvalue weighted by molar-refractivity contribution is 5.97. The number of para-hydroxylation sites is 1. The first kappa shape index (κ1) is 28.6. The maximum absolute atomic E-state index is 14.0. The third-order valence-electron chi connectivity index (χ3n) is 8.74. The smallest absolute Gasteiger partial charge is 0.253 e. The lowest BCUT2D eigenvalue weighted by Crippen LogP contribution is -2.57. The highest BCUT2D eigenvalue weighted by Gasteiger charge is 2.54. The minimum absolute atomic E-state index is 0.00616. The molecule has 3 heterocycles. The van der Waals surface area contributed by atoms with Gasteiger partial charge in [0.2, 0.25) is 12.7 Å². The van der Waals surface area contributed by atoms with Crippen molar-refractivity contribution in [3.63, 3.8) is 0 Å². The Morgan fingerprint density at radius 1 is 0.907 bits per heavy atom. The van der Waals surface area contributed by atoms with Crippen molar-refractivity contribution in [3.8, 4) is 11.5 Å². The fourth-order valence-electron chi connectivity index (χ4n) is 6.26. The van der Waals surface area contributed by atoms with Crippen molar-refractivity contribution in [2.75, 3.05) is 38.0 Å². The molecule has 9 heteroatoms. The summed E-state index contributed by atoms with van der Waals surface area (Å²) in [6, 6.07) is 23.3. The van der Waals surface area contributed by atoms with Crippen molar-refractivity contribution in [2.45, 2.75) is 51.1 Å². The number of piperidine rings is 1. The van der Waals surface area contributed by atoms with E-state index in [1.165, 1.54) is 5.56 Å². The Kier molecular flexibility index (Phi) is 8.22. The zero-order chi connectivity index (χ0) is 29.8. The maximum Gasteiger partial charge on any atom is 0.253 e. The van der Waals surface area contributed by atoms with Crippen LogP contribution in [0.4, 0.5) is 5.69 Å². The van der Waals surface area contributed by atoms with Gasteiger partial charge in [-0.05, 0) is 73.2 Å². The zero-order valence-corrected chi connectivity index (χ0v) is 24.6. The summed E-state index contributed by atoms with van der Waals surface area (Å²) in [5, 5.41) is 2.94. The normalized spacial score (nSPS) is 17.0. The van der Waals surface area contributed by atoms with Crippen LogP contribution in [-0.2, 0) is 22.6 Å². The summed E-state index contributed by atoms with van der Waals surface area (Å²) in [4.78, 5) is 46.0. The van der Waals surface area contributed by atoms with Gasteiger partial charge in [-0.25, -0.2) is 0 Å². The van der Waals surface area contributed by atoms with Gasteiger partial charge in [-0.15, -0.1) is 0 Å². The SMILES string of the molecule is CCCCc1ccc(C(=O)N2CCC3(CC2)C(=O)N(CC(=O)NCc2ccc4c(c2)OCO4)CN3c2ccccc2)cc1. The summed E-state index contributed by atoms with van der Waals surface area (Å²) in [5.74, 6) is 1.05. The first-order valence-corrected chi connectivity index (χ1v) is 15.1. The van der Waals surface area contributed by atoms with Crippen molar-refractivity contribution in [1.82, 2.24) is 15.1 Å². The van der Waals surface area contributed by atoms with Crippen LogP contribution in [0.2, 0.25) is 0 Å². The molecule has 0 bridgehead atoms. The molecular weight excluding hydrogens is 544 g/mol. The van der Waals surface area contributed by atoms with E-state index >= 15 is 0 Å². The molecule has 6 rings (SSSR count). The van der Waals surface area contributed by atoms with Crippen molar-refractivity contribution >= 4 is 23.4 Å². The van der Waals surface area contributed by atoms with Gasteiger partial charge in [0.25, 0.3) is 11.8 Å². The number of hydrogen-bond donors (Lipinski definition) is 1. The molecule has 3 aromatic rings. The van der Waals surface area contributed by atoms with Gasteiger partial charge in [0.05, 0.1) is 6.67 Å². The molecule has 0 aromatic heterocycles. The number of ether oxygens (including phenoxy) is 2. The van der Waals surface area contributed by atoms with Crippen LogP contribution in [0.15, 0.2) is 72.8 Å². The number of anilines is 1. The summed E-state index contributed by atoms with van der Waals surface area (Å²) >= 11 is 0. The quantitative estimate of drug-likeness (QED) is 0.403. The van der Waals surface area contributed by atoms with Crippen molar-refractivity contribution in [1.29, 1.82) is 0 Å². The van der Waals surface area contributed by atoms with Crippen LogP contribution in [0.25, 0.3) is 0 Å². The number of aryl methyl sites for hydroxylation is 1. The van der Waals surface area contributed by atoms with Gasteiger partial charge < -0.3 is 29.5 Å². The standard InChI is InChI=1S/C34H38N4O5/c1-2-3-7-25-10-13-27(14-11-25)32(40)36-18-16-34(17-19-36)33(41)37(23-38(34)28-8-5-4-6-9-28)22-31(39)35-21-26-12-15-29-30(20-26)43-24-42-29/h4-6,8-15,20H,2-3,7,16-19,21-24H2,1H3,(H,35,39). The van der Waals surface area contributed by atoms with Crippen LogP contribution in [0, 0.1) is 0 Å². The third kappa shape index (κ3) is 5.89. The summed E-state index contributed by atoms with van der Waals surface area (Å²) in [6.45, 7) is 3.90. The van der Waals surface area contributed by atoms with E-state index in [4.69, 9.17) is 9.47 Å². The van der Waals surface area contributed by atoms with E-state index in [-0.39, 0.29) is 31.1 Å². The molecule has 9 nitrogen and oxygen atoms in total. The molecule has 1 spiro atoms. The first-order chi connectivity index (χ1) is 21.0. The highest BCUT2D eigenvalue weighted by atomic mass is 16.7. The Morgan fingerprint density at radius 3 is 2.37 bits per heavy atom. The van der Waals surface area contributed by atoms with Crippen LogP contribution in [0.1, 0.15) is 54.1 Å². The summed E-state index contributed by atoms with van der Waals surface area (Å²) in [7, 11) is 0. The molecule has 224 valence electrons. The fourth-order valence-corrected chi connectivity index (χ4v) is 6.26. The van der Waals surface area contributed by atoms with E-state index in [1.54, 1.807) is 4.90 Å². The van der Waals surface area contributed by atoms with Gasteiger partial charge in [-0.1, -0.05) is 49.7 Å². The molecule has 0 radical (unpaired) electrons. The molecule has 3 aliphatic rings. The second kappa shape index (κ2) is 12.4. The Morgan fingerprint density at radius 2 is 1.63 bits per heavy atom. The lowest BCUT2D eigenvalue weighted by atomic mass is 9.85. The van der Waals surface area contributed by atoms with E-state index < -0.39 is 5.54 Å². The molecule has 3 amide bonds. The zero-order valence-electron chi connectivity index (χ0n) is 24.6. The average Bonchev–Trinajstić information content (AvgIpc) is 3.62. The Bertz CT molecular complexity index is 1470. The molecule has 0 saturated carbocycles. The van der Waals surface area contributed by atoms with Gasteiger partial charge in [0, 0.05) is 30.9 Å². The second-order valence-electron chi connectivity index (χ2n) is 11.5. The van der Waals surface area contributed by atoms with Crippen LogP contribution >= 0.6 is 0 Å². The number of fused-ring (bicyclic) bond motifs is 1. The number of hydrogen-bond acceptors (Lipinski definition) is 6.